The fourth-order valence-corrected chi connectivity index (χ4v) is 3.44. The Labute approximate surface area is 181 Å². The van der Waals surface area contributed by atoms with Crippen molar-refractivity contribution in [2.45, 2.75) is 46.7 Å². The molecule has 0 N–H and O–H groups in total. The molecule has 0 aliphatic heterocycles. The summed E-state index contributed by atoms with van der Waals surface area (Å²) in [5, 5.41) is 0. The number of rotatable bonds is 8. The number of nitrogens with zero attached hydrogens (tertiary/aromatic N) is 2. The van der Waals surface area contributed by atoms with Crippen LogP contribution in [0.1, 0.15) is 42.0 Å². The Hall–Kier alpha value is -3.07. The predicted octanol–water partition coefficient (Wildman–Crippen LogP) is 6.73. The molecule has 0 saturated heterocycles. The average Bonchev–Trinajstić information content (AvgIpc) is 2.77. The van der Waals surface area contributed by atoms with E-state index < -0.39 is 0 Å². The molecule has 156 valence electrons. The molecule has 0 aromatic heterocycles. The minimum absolute atomic E-state index is 0.0525. The van der Waals surface area contributed by atoms with Gasteiger partial charge in [0.1, 0.15) is 0 Å². The van der Waals surface area contributed by atoms with Gasteiger partial charge in [0.05, 0.1) is 6.54 Å². The van der Waals surface area contributed by atoms with E-state index in [1.165, 1.54) is 11.1 Å². The Morgan fingerprint density at radius 2 is 1.30 bits per heavy atom. The van der Waals surface area contributed by atoms with Gasteiger partial charge in [-0.05, 0) is 43.5 Å². The van der Waals surface area contributed by atoms with Crippen LogP contribution in [0.5, 0.6) is 0 Å². The first-order valence-electron chi connectivity index (χ1n) is 10.8. The lowest BCUT2D eigenvalue weighted by molar-refractivity contribution is 0.200. The third kappa shape index (κ3) is 5.96. The van der Waals surface area contributed by atoms with Gasteiger partial charge < -0.3 is 4.90 Å². The van der Waals surface area contributed by atoms with Gasteiger partial charge in [-0.3, -0.25) is 4.90 Å². The third-order valence-corrected chi connectivity index (χ3v) is 5.31. The smallest absolute Gasteiger partial charge is 0.320 e. The second-order valence-corrected chi connectivity index (χ2v) is 7.95. The van der Waals surface area contributed by atoms with Gasteiger partial charge in [0, 0.05) is 18.8 Å². The molecule has 0 unspecified atom stereocenters. The van der Waals surface area contributed by atoms with E-state index >= 15 is 0 Å². The lowest BCUT2D eigenvalue weighted by Crippen LogP contribution is -2.43. The largest absolute Gasteiger partial charge is 0.325 e. The van der Waals surface area contributed by atoms with Crippen molar-refractivity contribution in [3.05, 3.63) is 101 Å². The Bertz CT molecular complexity index is 917. The Balaban J connectivity index is 1.90. The van der Waals surface area contributed by atoms with Gasteiger partial charge in [0.2, 0.25) is 0 Å². The maximum absolute atomic E-state index is 13.8. The summed E-state index contributed by atoms with van der Waals surface area (Å²) >= 11 is 0. The second kappa shape index (κ2) is 10.6. The van der Waals surface area contributed by atoms with Gasteiger partial charge >= 0.3 is 6.03 Å². The van der Waals surface area contributed by atoms with E-state index in [2.05, 4.69) is 69.3 Å². The van der Waals surface area contributed by atoms with Crippen molar-refractivity contribution >= 4 is 11.7 Å². The van der Waals surface area contributed by atoms with Crippen LogP contribution in [0.2, 0.25) is 0 Å². The van der Waals surface area contributed by atoms with Crippen molar-refractivity contribution in [1.82, 2.24) is 4.90 Å². The highest BCUT2D eigenvalue weighted by molar-refractivity contribution is 5.92. The summed E-state index contributed by atoms with van der Waals surface area (Å²) in [7, 11) is 0. The number of amides is 2. The quantitative estimate of drug-likeness (QED) is 0.411. The minimum atomic E-state index is 0.0525. The third-order valence-electron chi connectivity index (χ3n) is 5.31. The topological polar surface area (TPSA) is 23.6 Å². The van der Waals surface area contributed by atoms with Crippen molar-refractivity contribution in [2.75, 3.05) is 11.4 Å². The van der Waals surface area contributed by atoms with E-state index in [0.29, 0.717) is 13.1 Å². The molecule has 30 heavy (non-hydrogen) atoms. The summed E-state index contributed by atoms with van der Waals surface area (Å²) in [6.45, 7) is 8.24. The molecule has 3 aromatic carbocycles. The molecule has 0 aliphatic carbocycles. The number of carbonyl (C=O) groups excluding carboxylic acids is 1. The molecule has 3 heteroatoms. The molecule has 0 radical (unpaired) electrons. The average molecular weight is 401 g/mol. The van der Waals surface area contributed by atoms with Gasteiger partial charge in [-0.1, -0.05) is 91.2 Å². The van der Waals surface area contributed by atoms with Crippen LogP contribution in [0.25, 0.3) is 0 Å². The Kier molecular flexibility index (Phi) is 7.67. The summed E-state index contributed by atoms with van der Waals surface area (Å²) in [4.78, 5) is 17.6. The molecule has 0 heterocycles. The zero-order chi connectivity index (χ0) is 21.3. The van der Waals surface area contributed by atoms with Crippen molar-refractivity contribution in [1.29, 1.82) is 0 Å². The van der Waals surface area contributed by atoms with E-state index in [4.69, 9.17) is 0 Å². The van der Waals surface area contributed by atoms with Crippen LogP contribution in [0.15, 0.2) is 78.9 Å². The van der Waals surface area contributed by atoms with Gasteiger partial charge in [-0.15, -0.1) is 0 Å². The fraction of sp³-hybridized carbons (Fsp3) is 0.296. The first-order valence-corrected chi connectivity index (χ1v) is 10.8. The SMILES string of the molecule is CCCCN(Cc1ccccc1)C(=O)N(Cc1ccc(C)cc1)c1ccc(C)cc1. The van der Waals surface area contributed by atoms with Crippen LogP contribution in [0.3, 0.4) is 0 Å². The number of unbranched alkanes of at least 4 members (excludes halogenated alkanes) is 1. The Morgan fingerprint density at radius 3 is 1.90 bits per heavy atom. The molecule has 0 spiro atoms. The summed E-state index contributed by atoms with van der Waals surface area (Å²) in [5.74, 6) is 0. The first-order chi connectivity index (χ1) is 14.6. The van der Waals surface area contributed by atoms with Gasteiger partial charge in [0.15, 0.2) is 0 Å². The molecule has 3 aromatic rings. The van der Waals surface area contributed by atoms with Crippen LogP contribution < -0.4 is 4.90 Å². The highest BCUT2D eigenvalue weighted by Gasteiger charge is 2.23. The highest BCUT2D eigenvalue weighted by atomic mass is 16.2. The van der Waals surface area contributed by atoms with Crippen LogP contribution in [0, 0.1) is 13.8 Å². The minimum Gasteiger partial charge on any atom is -0.320 e. The number of urea groups is 1. The first kappa shape index (κ1) is 21.6. The molecular formula is C27H32N2O. The molecular weight excluding hydrogens is 368 g/mol. The molecule has 0 aliphatic rings. The maximum Gasteiger partial charge on any atom is 0.325 e. The van der Waals surface area contributed by atoms with Gasteiger partial charge in [-0.25, -0.2) is 4.79 Å². The standard InChI is InChI=1S/C27H32N2O/c1-4-5-19-28(20-24-9-7-6-8-10-24)27(30)29(26-17-13-23(3)14-18-26)21-25-15-11-22(2)12-16-25/h6-18H,4-5,19-21H2,1-3H3. The normalized spacial score (nSPS) is 10.6. The fourth-order valence-electron chi connectivity index (χ4n) is 3.44. The van der Waals surface area contributed by atoms with E-state index in [0.717, 1.165) is 36.2 Å². The monoisotopic (exact) mass is 400 g/mol. The van der Waals surface area contributed by atoms with Crippen molar-refractivity contribution in [3.8, 4) is 0 Å². The van der Waals surface area contributed by atoms with E-state index in [1.54, 1.807) is 0 Å². The van der Waals surface area contributed by atoms with Gasteiger partial charge in [0.25, 0.3) is 0 Å². The van der Waals surface area contributed by atoms with Crippen LogP contribution in [0.4, 0.5) is 10.5 Å². The van der Waals surface area contributed by atoms with Crippen LogP contribution in [-0.4, -0.2) is 17.5 Å². The summed E-state index contributed by atoms with van der Waals surface area (Å²) in [5.41, 5.74) is 5.63. The van der Waals surface area contributed by atoms with E-state index in [9.17, 15) is 4.79 Å². The second-order valence-electron chi connectivity index (χ2n) is 7.95. The maximum atomic E-state index is 13.8. The Morgan fingerprint density at radius 1 is 0.733 bits per heavy atom. The van der Waals surface area contributed by atoms with Crippen LogP contribution in [-0.2, 0) is 13.1 Å². The van der Waals surface area contributed by atoms with Crippen molar-refractivity contribution < 1.29 is 4.79 Å². The number of benzene rings is 3. The van der Waals surface area contributed by atoms with Crippen molar-refractivity contribution in [3.63, 3.8) is 0 Å². The molecule has 0 fully saturated rings. The molecule has 2 amide bonds. The van der Waals surface area contributed by atoms with E-state index in [1.807, 2.05) is 40.1 Å². The predicted molar refractivity (Wildman–Crippen MR) is 126 cm³/mol. The number of hydrogen-bond donors (Lipinski definition) is 0. The number of aryl methyl sites for hydroxylation is 2. The molecule has 3 rings (SSSR count). The van der Waals surface area contributed by atoms with Crippen LogP contribution >= 0.6 is 0 Å². The number of carbonyl (C=O) groups is 1. The highest BCUT2D eigenvalue weighted by Crippen LogP contribution is 2.22. The van der Waals surface area contributed by atoms with Gasteiger partial charge in [-0.2, -0.15) is 0 Å². The zero-order valence-corrected chi connectivity index (χ0v) is 18.3. The van der Waals surface area contributed by atoms with E-state index in [-0.39, 0.29) is 6.03 Å². The summed E-state index contributed by atoms with van der Waals surface area (Å²) in [6, 6.07) is 26.9. The summed E-state index contributed by atoms with van der Waals surface area (Å²) < 4.78 is 0. The summed E-state index contributed by atoms with van der Waals surface area (Å²) in [6.07, 6.45) is 2.05. The molecule has 0 bridgehead atoms. The molecule has 0 atom stereocenters. The zero-order valence-electron chi connectivity index (χ0n) is 18.3. The lowest BCUT2D eigenvalue weighted by Gasteiger charge is -2.31. The molecule has 3 nitrogen and oxygen atoms in total. The lowest BCUT2D eigenvalue weighted by atomic mass is 10.1. The molecule has 0 saturated carbocycles. The number of anilines is 1. The number of hydrogen-bond acceptors (Lipinski definition) is 1. The van der Waals surface area contributed by atoms with Crippen molar-refractivity contribution in [2.24, 2.45) is 0 Å².